The van der Waals surface area contributed by atoms with E-state index in [1.165, 1.54) is 11.5 Å². The SMILES string of the molecule is CCNCC(C)C(=O)Nc1nc(C)ns1. The highest BCUT2D eigenvalue weighted by Gasteiger charge is 2.13. The fourth-order valence-corrected chi connectivity index (χ4v) is 1.61. The molecule has 1 heterocycles. The van der Waals surface area contributed by atoms with Crippen molar-refractivity contribution >= 4 is 22.6 Å². The minimum absolute atomic E-state index is 0.0212. The van der Waals surface area contributed by atoms with E-state index in [9.17, 15) is 4.79 Å². The van der Waals surface area contributed by atoms with Gasteiger partial charge in [0.1, 0.15) is 5.82 Å². The lowest BCUT2D eigenvalue weighted by atomic mass is 10.1. The van der Waals surface area contributed by atoms with Crippen LogP contribution in [0.1, 0.15) is 19.7 Å². The lowest BCUT2D eigenvalue weighted by Crippen LogP contribution is -2.30. The molecule has 0 aliphatic carbocycles. The number of aromatic nitrogens is 2. The first-order valence-corrected chi connectivity index (χ1v) is 5.72. The van der Waals surface area contributed by atoms with E-state index in [-0.39, 0.29) is 11.8 Å². The van der Waals surface area contributed by atoms with E-state index in [1.807, 2.05) is 13.8 Å². The van der Waals surface area contributed by atoms with Crippen molar-refractivity contribution in [3.8, 4) is 0 Å². The van der Waals surface area contributed by atoms with Crippen molar-refractivity contribution in [2.45, 2.75) is 20.8 Å². The Bertz CT molecular complexity index is 326. The van der Waals surface area contributed by atoms with Crippen LogP contribution in [0, 0.1) is 12.8 Å². The first-order chi connectivity index (χ1) is 7.13. The molecule has 0 radical (unpaired) electrons. The number of anilines is 1. The van der Waals surface area contributed by atoms with Crippen LogP contribution in [0.25, 0.3) is 0 Å². The quantitative estimate of drug-likeness (QED) is 0.790. The molecule has 0 aromatic carbocycles. The summed E-state index contributed by atoms with van der Waals surface area (Å²) in [5.41, 5.74) is 0. The molecule has 0 fully saturated rings. The summed E-state index contributed by atoms with van der Waals surface area (Å²) in [6, 6.07) is 0. The fraction of sp³-hybridized carbons (Fsp3) is 0.667. The van der Waals surface area contributed by atoms with Crippen LogP contribution in [0.15, 0.2) is 0 Å². The van der Waals surface area contributed by atoms with Gasteiger partial charge in [0.15, 0.2) is 0 Å². The van der Waals surface area contributed by atoms with E-state index in [1.54, 1.807) is 6.92 Å². The van der Waals surface area contributed by atoms with E-state index in [0.29, 0.717) is 17.5 Å². The maximum absolute atomic E-state index is 11.6. The van der Waals surface area contributed by atoms with Crippen LogP contribution in [0.5, 0.6) is 0 Å². The molecular weight excluding hydrogens is 212 g/mol. The number of nitrogens with one attached hydrogen (secondary N) is 2. The minimum Gasteiger partial charge on any atom is -0.316 e. The topological polar surface area (TPSA) is 66.9 Å². The Kier molecular flexibility index (Phi) is 4.64. The lowest BCUT2D eigenvalue weighted by molar-refractivity contribution is -0.119. The predicted octanol–water partition coefficient (Wildman–Crippen LogP) is 1.03. The molecule has 2 N–H and O–H groups in total. The van der Waals surface area contributed by atoms with Crippen LogP contribution < -0.4 is 10.6 Å². The van der Waals surface area contributed by atoms with Gasteiger partial charge in [-0.1, -0.05) is 13.8 Å². The van der Waals surface area contributed by atoms with Gasteiger partial charge in [0.05, 0.1) is 0 Å². The van der Waals surface area contributed by atoms with Gasteiger partial charge < -0.3 is 10.6 Å². The number of rotatable bonds is 5. The monoisotopic (exact) mass is 228 g/mol. The number of carbonyl (C=O) groups excluding carboxylic acids is 1. The average Bonchev–Trinajstić information content (AvgIpc) is 2.60. The van der Waals surface area contributed by atoms with Gasteiger partial charge in [-0.2, -0.15) is 4.37 Å². The molecule has 1 unspecified atom stereocenters. The maximum atomic E-state index is 11.6. The van der Waals surface area contributed by atoms with Gasteiger partial charge >= 0.3 is 0 Å². The van der Waals surface area contributed by atoms with Crippen molar-refractivity contribution in [1.29, 1.82) is 0 Å². The van der Waals surface area contributed by atoms with Crippen LogP contribution in [0.2, 0.25) is 0 Å². The molecule has 84 valence electrons. The molecule has 1 rings (SSSR count). The fourth-order valence-electron chi connectivity index (χ4n) is 1.03. The number of aryl methyl sites for hydroxylation is 1. The summed E-state index contributed by atoms with van der Waals surface area (Å²) in [6.07, 6.45) is 0. The molecule has 15 heavy (non-hydrogen) atoms. The first-order valence-electron chi connectivity index (χ1n) is 4.95. The van der Waals surface area contributed by atoms with Gasteiger partial charge in [-0.3, -0.25) is 4.79 Å². The van der Waals surface area contributed by atoms with Crippen LogP contribution in [-0.2, 0) is 4.79 Å². The van der Waals surface area contributed by atoms with Gasteiger partial charge in [-0.25, -0.2) is 4.98 Å². The van der Waals surface area contributed by atoms with E-state index in [4.69, 9.17) is 0 Å². The van der Waals surface area contributed by atoms with E-state index < -0.39 is 0 Å². The van der Waals surface area contributed by atoms with Gasteiger partial charge in [-0.05, 0) is 13.5 Å². The average molecular weight is 228 g/mol. The highest BCUT2D eigenvalue weighted by molar-refractivity contribution is 7.09. The molecule has 0 saturated heterocycles. The van der Waals surface area contributed by atoms with E-state index in [2.05, 4.69) is 20.0 Å². The predicted molar refractivity (Wildman–Crippen MR) is 61.0 cm³/mol. The third-order valence-corrected chi connectivity index (χ3v) is 2.63. The summed E-state index contributed by atoms with van der Waals surface area (Å²) in [5, 5.41) is 6.43. The third-order valence-electron chi connectivity index (χ3n) is 1.91. The summed E-state index contributed by atoms with van der Waals surface area (Å²) < 4.78 is 3.99. The number of hydrogen-bond acceptors (Lipinski definition) is 5. The second-order valence-electron chi connectivity index (χ2n) is 3.34. The van der Waals surface area contributed by atoms with Crippen molar-refractivity contribution in [3.05, 3.63) is 5.82 Å². The Labute approximate surface area is 93.5 Å². The van der Waals surface area contributed by atoms with Crippen molar-refractivity contribution in [2.24, 2.45) is 5.92 Å². The van der Waals surface area contributed by atoms with E-state index in [0.717, 1.165) is 6.54 Å². The highest BCUT2D eigenvalue weighted by Crippen LogP contribution is 2.11. The van der Waals surface area contributed by atoms with E-state index >= 15 is 0 Å². The largest absolute Gasteiger partial charge is 0.316 e. The normalized spacial score (nSPS) is 12.5. The van der Waals surface area contributed by atoms with Crippen molar-refractivity contribution in [2.75, 3.05) is 18.4 Å². The molecule has 0 aliphatic heterocycles. The van der Waals surface area contributed by atoms with Crippen LogP contribution in [0.3, 0.4) is 0 Å². The van der Waals surface area contributed by atoms with Crippen LogP contribution >= 0.6 is 11.5 Å². The number of hydrogen-bond donors (Lipinski definition) is 2. The summed E-state index contributed by atoms with van der Waals surface area (Å²) in [5.74, 6) is 0.607. The Balaban J connectivity index is 2.41. The Morgan fingerprint density at radius 3 is 2.87 bits per heavy atom. The Morgan fingerprint density at radius 2 is 2.33 bits per heavy atom. The summed E-state index contributed by atoms with van der Waals surface area (Å²) in [4.78, 5) is 15.7. The molecule has 1 aromatic rings. The van der Waals surface area contributed by atoms with Crippen LogP contribution in [-0.4, -0.2) is 28.4 Å². The molecule has 6 heteroatoms. The maximum Gasteiger partial charge on any atom is 0.230 e. The second kappa shape index (κ2) is 5.77. The zero-order valence-corrected chi connectivity index (χ0v) is 10.0. The molecule has 0 aliphatic rings. The molecule has 1 aromatic heterocycles. The third kappa shape index (κ3) is 3.93. The lowest BCUT2D eigenvalue weighted by Gasteiger charge is -2.10. The van der Waals surface area contributed by atoms with Crippen molar-refractivity contribution in [1.82, 2.24) is 14.7 Å². The number of amides is 1. The standard InChI is InChI=1S/C9H16N4OS/c1-4-10-5-6(2)8(14)12-9-11-7(3)13-15-9/h6,10H,4-5H2,1-3H3,(H,11,12,13,14). The first kappa shape index (κ1) is 12.1. The zero-order chi connectivity index (χ0) is 11.3. The molecule has 0 spiro atoms. The molecule has 1 amide bonds. The number of nitrogens with zero attached hydrogens (tertiary/aromatic N) is 2. The zero-order valence-electron chi connectivity index (χ0n) is 9.20. The van der Waals surface area contributed by atoms with Gasteiger partial charge in [-0.15, -0.1) is 0 Å². The summed E-state index contributed by atoms with van der Waals surface area (Å²) in [6.45, 7) is 7.24. The molecule has 0 bridgehead atoms. The second-order valence-corrected chi connectivity index (χ2v) is 4.10. The van der Waals surface area contributed by atoms with Crippen molar-refractivity contribution in [3.63, 3.8) is 0 Å². The molecule has 5 nitrogen and oxygen atoms in total. The Morgan fingerprint density at radius 1 is 1.60 bits per heavy atom. The molecule has 0 saturated carbocycles. The summed E-state index contributed by atoms with van der Waals surface area (Å²) >= 11 is 1.21. The smallest absolute Gasteiger partial charge is 0.230 e. The summed E-state index contributed by atoms with van der Waals surface area (Å²) in [7, 11) is 0. The highest BCUT2D eigenvalue weighted by atomic mass is 32.1. The van der Waals surface area contributed by atoms with Crippen LogP contribution in [0.4, 0.5) is 5.13 Å². The van der Waals surface area contributed by atoms with Crippen molar-refractivity contribution < 1.29 is 4.79 Å². The van der Waals surface area contributed by atoms with Gasteiger partial charge in [0, 0.05) is 24.0 Å². The molecule has 1 atom stereocenters. The number of carbonyl (C=O) groups is 1. The Hall–Kier alpha value is -1.01. The minimum atomic E-state index is -0.0610. The van der Waals surface area contributed by atoms with Gasteiger partial charge in [0.2, 0.25) is 11.0 Å². The van der Waals surface area contributed by atoms with Gasteiger partial charge in [0.25, 0.3) is 0 Å². The molecular formula is C9H16N4OS.